The minimum atomic E-state index is -0.792. The van der Waals surface area contributed by atoms with E-state index in [4.69, 9.17) is 9.47 Å². The van der Waals surface area contributed by atoms with Crippen molar-refractivity contribution in [3.63, 3.8) is 0 Å². The Bertz CT molecular complexity index is 1490. The quantitative estimate of drug-likeness (QED) is 0.411. The molecule has 9 nitrogen and oxygen atoms in total. The van der Waals surface area contributed by atoms with Crippen LogP contribution in [0, 0.1) is 0 Å². The van der Waals surface area contributed by atoms with E-state index >= 15 is 0 Å². The minimum absolute atomic E-state index is 0.0735. The number of hydrogen-bond donors (Lipinski definition) is 1. The number of methoxy groups -OCH3 is 2. The molecule has 0 aliphatic rings. The molecule has 0 bridgehead atoms. The zero-order valence-corrected chi connectivity index (χ0v) is 20.2. The topological polar surface area (TPSA) is 104 Å². The number of rotatable bonds is 8. The largest absolute Gasteiger partial charge is 0.497 e. The van der Waals surface area contributed by atoms with Gasteiger partial charge in [-0.25, -0.2) is 4.79 Å². The number of hydrogen-bond acceptors (Lipinski definition) is 6. The molecule has 1 N–H and O–H groups in total. The third-order valence-corrected chi connectivity index (χ3v) is 5.69. The van der Waals surface area contributed by atoms with Crippen molar-refractivity contribution in [2.24, 2.45) is 0 Å². The van der Waals surface area contributed by atoms with Crippen LogP contribution in [0.5, 0.6) is 11.5 Å². The molecule has 4 aromatic rings. The van der Waals surface area contributed by atoms with Gasteiger partial charge in [0.05, 0.1) is 32.5 Å². The van der Waals surface area contributed by atoms with Crippen LogP contribution in [0.1, 0.15) is 34.6 Å². The van der Waals surface area contributed by atoms with Gasteiger partial charge in [0, 0.05) is 6.07 Å². The second-order valence-electron chi connectivity index (χ2n) is 8.09. The highest BCUT2D eigenvalue weighted by Gasteiger charge is 2.22. The highest BCUT2D eigenvalue weighted by Crippen LogP contribution is 2.16. The van der Waals surface area contributed by atoms with Crippen molar-refractivity contribution in [1.82, 2.24) is 19.7 Å². The van der Waals surface area contributed by atoms with Crippen LogP contribution in [0.25, 0.3) is 5.69 Å². The van der Waals surface area contributed by atoms with E-state index < -0.39 is 22.9 Å². The molecule has 0 saturated heterocycles. The van der Waals surface area contributed by atoms with Gasteiger partial charge in [0.1, 0.15) is 11.5 Å². The Morgan fingerprint density at radius 3 is 2.28 bits per heavy atom. The van der Waals surface area contributed by atoms with Crippen LogP contribution in [0.2, 0.25) is 0 Å². The first-order chi connectivity index (χ1) is 17.4. The molecule has 3 aromatic carbocycles. The Morgan fingerprint density at radius 2 is 1.58 bits per heavy atom. The molecule has 0 fully saturated rings. The summed E-state index contributed by atoms with van der Waals surface area (Å²) >= 11 is 0. The maximum Gasteiger partial charge on any atom is 0.352 e. The number of carbonyl (C=O) groups excluding carboxylic acids is 1. The molecule has 36 heavy (non-hydrogen) atoms. The molecule has 1 unspecified atom stereocenters. The molecular formula is C27H26N4O5. The summed E-state index contributed by atoms with van der Waals surface area (Å²) in [5, 5.41) is 6.99. The lowest BCUT2D eigenvalue weighted by Gasteiger charge is -2.16. The van der Waals surface area contributed by atoms with Crippen molar-refractivity contribution in [2.75, 3.05) is 14.2 Å². The van der Waals surface area contributed by atoms with E-state index in [1.807, 2.05) is 30.3 Å². The highest BCUT2D eigenvalue weighted by molar-refractivity contribution is 5.92. The molecule has 9 heteroatoms. The molecule has 1 heterocycles. The van der Waals surface area contributed by atoms with E-state index in [0.29, 0.717) is 22.7 Å². The van der Waals surface area contributed by atoms with Crippen LogP contribution in [0.4, 0.5) is 0 Å². The summed E-state index contributed by atoms with van der Waals surface area (Å²) in [5.74, 6) is 0.389. The van der Waals surface area contributed by atoms with E-state index in [-0.39, 0.29) is 12.6 Å². The summed E-state index contributed by atoms with van der Waals surface area (Å²) < 4.78 is 12.5. The minimum Gasteiger partial charge on any atom is -0.497 e. The zero-order valence-electron chi connectivity index (χ0n) is 20.2. The second-order valence-corrected chi connectivity index (χ2v) is 8.09. The Kier molecular flexibility index (Phi) is 7.29. The summed E-state index contributed by atoms with van der Waals surface area (Å²) in [6.45, 7) is 1.73. The highest BCUT2D eigenvalue weighted by atomic mass is 16.5. The molecule has 1 aromatic heterocycles. The first-order valence-corrected chi connectivity index (χ1v) is 11.3. The molecule has 0 aliphatic heterocycles. The third-order valence-electron chi connectivity index (χ3n) is 5.69. The van der Waals surface area contributed by atoms with Gasteiger partial charge in [0.25, 0.3) is 11.5 Å². The van der Waals surface area contributed by atoms with Gasteiger partial charge in [0.15, 0.2) is 0 Å². The zero-order chi connectivity index (χ0) is 25.7. The SMILES string of the molecule is COc1cccc(Cn2c(=O)c(C(=O)NC(C)c3ccccc3)nn(-c3cccc(OC)c3)c2=O)c1. The molecule has 1 atom stereocenters. The van der Waals surface area contributed by atoms with Gasteiger partial charge in [0.2, 0.25) is 5.69 Å². The monoisotopic (exact) mass is 486 g/mol. The van der Waals surface area contributed by atoms with Crippen molar-refractivity contribution < 1.29 is 14.3 Å². The van der Waals surface area contributed by atoms with Crippen molar-refractivity contribution >= 4 is 5.91 Å². The van der Waals surface area contributed by atoms with Gasteiger partial charge in [-0.15, -0.1) is 0 Å². The number of ether oxygens (including phenoxy) is 2. The second kappa shape index (κ2) is 10.7. The van der Waals surface area contributed by atoms with Crippen molar-refractivity contribution in [3.8, 4) is 17.2 Å². The first-order valence-electron chi connectivity index (χ1n) is 11.3. The first kappa shape index (κ1) is 24.5. The predicted molar refractivity (Wildman–Crippen MR) is 135 cm³/mol. The number of nitrogens with zero attached hydrogens (tertiary/aromatic N) is 3. The molecule has 1 amide bonds. The van der Waals surface area contributed by atoms with E-state index in [0.717, 1.165) is 14.8 Å². The number of carbonyl (C=O) groups is 1. The maximum atomic E-state index is 13.4. The standard InChI is InChI=1S/C27H26N4O5/c1-18(20-10-5-4-6-11-20)28-25(32)24-26(33)30(17-19-9-7-13-22(15-19)35-2)27(34)31(29-24)21-12-8-14-23(16-21)36-3/h4-16,18H,17H2,1-3H3,(H,28,32). The van der Waals surface area contributed by atoms with Gasteiger partial charge in [-0.3, -0.25) is 14.2 Å². The van der Waals surface area contributed by atoms with E-state index in [2.05, 4.69) is 10.4 Å². The summed E-state index contributed by atoms with van der Waals surface area (Å²) in [7, 11) is 3.03. The predicted octanol–water partition coefficient (Wildman–Crippen LogP) is 2.95. The molecule has 184 valence electrons. The number of nitrogens with one attached hydrogen (secondary N) is 1. The average molecular weight is 487 g/mol. The van der Waals surface area contributed by atoms with E-state index in [1.165, 1.54) is 14.2 Å². The summed E-state index contributed by atoms with van der Waals surface area (Å²) in [4.78, 5) is 40.0. The van der Waals surface area contributed by atoms with Crippen molar-refractivity contribution in [1.29, 1.82) is 0 Å². The maximum absolute atomic E-state index is 13.4. The van der Waals surface area contributed by atoms with Gasteiger partial charge in [-0.05, 0) is 42.3 Å². The molecule has 4 rings (SSSR count). The smallest absolute Gasteiger partial charge is 0.352 e. The fourth-order valence-corrected chi connectivity index (χ4v) is 3.75. The summed E-state index contributed by atoms with van der Waals surface area (Å²) in [5.41, 5.74) is -0.0138. The average Bonchev–Trinajstić information content (AvgIpc) is 2.91. The van der Waals surface area contributed by atoms with Gasteiger partial charge in [-0.1, -0.05) is 48.5 Å². The van der Waals surface area contributed by atoms with E-state index in [1.54, 1.807) is 55.5 Å². The van der Waals surface area contributed by atoms with Crippen LogP contribution in [-0.4, -0.2) is 34.5 Å². The molecule has 0 aliphatic carbocycles. The van der Waals surface area contributed by atoms with Crippen LogP contribution in [0.15, 0.2) is 88.5 Å². The molecule has 0 radical (unpaired) electrons. The molecule has 0 saturated carbocycles. The Balaban J connectivity index is 1.82. The normalized spacial score (nSPS) is 11.5. The Hall–Kier alpha value is -4.66. The molecule has 0 spiro atoms. The van der Waals surface area contributed by atoms with E-state index in [9.17, 15) is 14.4 Å². The number of aromatic nitrogens is 3. The van der Waals surface area contributed by atoms with Crippen LogP contribution >= 0.6 is 0 Å². The lowest BCUT2D eigenvalue weighted by Crippen LogP contribution is -2.46. The third kappa shape index (κ3) is 5.20. The van der Waals surface area contributed by atoms with Crippen molar-refractivity contribution in [3.05, 3.63) is 117 Å². The lowest BCUT2D eigenvalue weighted by atomic mass is 10.1. The lowest BCUT2D eigenvalue weighted by molar-refractivity contribution is 0.0930. The Labute approximate surface area is 207 Å². The Morgan fingerprint density at radius 1 is 0.917 bits per heavy atom. The molecular weight excluding hydrogens is 460 g/mol. The number of benzene rings is 3. The van der Waals surface area contributed by atoms with Crippen LogP contribution in [0.3, 0.4) is 0 Å². The summed E-state index contributed by atoms with van der Waals surface area (Å²) in [6, 6.07) is 22.6. The van der Waals surface area contributed by atoms with Crippen LogP contribution < -0.4 is 26.0 Å². The van der Waals surface area contributed by atoms with Gasteiger partial charge < -0.3 is 14.8 Å². The van der Waals surface area contributed by atoms with Crippen molar-refractivity contribution in [2.45, 2.75) is 19.5 Å². The summed E-state index contributed by atoms with van der Waals surface area (Å²) in [6.07, 6.45) is 0. The van der Waals surface area contributed by atoms with Gasteiger partial charge >= 0.3 is 5.69 Å². The fraction of sp³-hybridized carbons (Fsp3) is 0.185. The fourth-order valence-electron chi connectivity index (χ4n) is 3.75. The van der Waals surface area contributed by atoms with Gasteiger partial charge in [-0.2, -0.15) is 9.78 Å². The number of amides is 1. The van der Waals surface area contributed by atoms with Crippen LogP contribution in [-0.2, 0) is 6.54 Å².